The molecule has 0 saturated carbocycles. The highest BCUT2D eigenvalue weighted by atomic mass is 16.5. The standard InChI is InChI=1S/C12H15NO2/c1-10(2)8-15-12-6-4-3-5-11(12)7-13-9-14/h3-6,10H,7-8H2,1-2H3. The van der Waals surface area contributed by atoms with Crippen molar-refractivity contribution in [1.82, 2.24) is 0 Å². The number of rotatable bonds is 5. The molecule has 0 fully saturated rings. The highest BCUT2D eigenvalue weighted by Crippen LogP contribution is 2.19. The van der Waals surface area contributed by atoms with Gasteiger partial charge in [0.15, 0.2) is 0 Å². The summed E-state index contributed by atoms with van der Waals surface area (Å²) in [5, 5.41) is 0. The fraction of sp³-hybridized carbons (Fsp3) is 0.417. The first-order valence-electron chi connectivity index (χ1n) is 4.98. The van der Waals surface area contributed by atoms with Crippen molar-refractivity contribution in [2.45, 2.75) is 20.4 Å². The Morgan fingerprint density at radius 1 is 1.40 bits per heavy atom. The number of ether oxygens (including phenoxy) is 1. The molecule has 80 valence electrons. The fourth-order valence-corrected chi connectivity index (χ4v) is 1.15. The van der Waals surface area contributed by atoms with E-state index in [2.05, 4.69) is 18.8 Å². The van der Waals surface area contributed by atoms with Crippen molar-refractivity contribution in [2.24, 2.45) is 10.9 Å². The van der Waals surface area contributed by atoms with Crippen molar-refractivity contribution in [3.05, 3.63) is 29.8 Å². The zero-order valence-electron chi connectivity index (χ0n) is 9.06. The number of para-hydroxylation sites is 1. The van der Waals surface area contributed by atoms with E-state index < -0.39 is 0 Å². The number of benzene rings is 1. The fourth-order valence-electron chi connectivity index (χ4n) is 1.15. The maximum absolute atomic E-state index is 10.0. The van der Waals surface area contributed by atoms with Gasteiger partial charge in [0.25, 0.3) is 0 Å². The molecule has 0 N–H and O–H groups in total. The molecule has 0 amide bonds. The number of aliphatic imine (C=N–C) groups is 1. The summed E-state index contributed by atoms with van der Waals surface area (Å²) in [5.74, 6) is 1.28. The molecule has 0 aliphatic rings. The number of hydrogen-bond donors (Lipinski definition) is 0. The van der Waals surface area contributed by atoms with Crippen molar-refractivity contribution in [3.63, 3.8) is 0 Å². The third kappa shape index (κ3) is 3.96. The van der Waals surface area contributed by atoms with Crippen molar-refractivity contribution in [3.8, 4) is 5.75 Å². The normalized spacial score (nSPS) is 9.80. The smallest absolute Gasteiger partial charge is 0.235 e. The Morgan fingerprint density at radius 2 is 2.13 bits per heavy atom. The SMILES string of the molecule is CC(C)COc1ccccc1CN=C=O. The van der Waals surface area contributed by atoms with Crippen LogP contribution in [0.25, 0.3) is 0 Å². The summed E-state index contributed by atoms with van der Waals surface area (Å²) in [6.07, 6.45) is 1.53. The van der Waals surface area contributed by atoms with Gasteiger partial charge in [0.05, 0.1) is 13.2 Å². The van der Waals surface area contributed by atoms with Gasteiger partial charge in [-0.3, -0.25) is 0 Å². The maximum Gasteiger partial charge on any atom is 0.235 e. The minimum Gasteiger partial charge on any atom is -0.493 e. The number of isocyanates is 1. The second-order valence-electron chi connectivity index (χ2n) is 3.72. The Morgan fingerprint density at radius 3 is 2.80 bits per heavy atom. The van der Waals surface area contributed by atoms with Crippen LogP contribution in [-0.2, 0) is 11.3 Å². The molecule has 0 aromatic heterocycles. The summed E-state index contributed by atoms with van der Waals surface area (Å²) in [7, 11) is 0. The van der Waals surface area contributed by atoms with Gasteiger partial charge in [-0.25, -0.2) is 9.79 Å². The van der Waals surface area contributed by atoms with Crippen LogP contribution in [0.15, 0.2) is 29.3 Å². The molecule has 0 aliphatic heterocycles. The Bertz CT molecular complexity index is 354. The first-order valence-corrected chi connectivity index (χ1v) is 4.98. The molecule has 0 aliphatic carbocycles. The maximum atomic E-state index is 10.0. The van der Waals surface area contributed by atoms with Gasteiger partial charge in [-0.05, 0) is 12.0 Å². The van der Waals surface area contributed by atoms with E-state index in [0.29, 0.717) is 19.1 Å². The van der Waals surface area contributed by atoms with Gasteiger partial charge in [0.2, 0.25) is 6.08 Å². The van der Waals surface area contributed by atoms with Gasteiger partial charge in [-0.2, -0.15) is 0 Å². The Balaban J connectivity index is 2.72. The van der Waals surface area contributed by atoms with Gasteiger partial charge in [0, 0.05) is 5.56 Å². The molecule has 15 heavy (non-hydrogen) atoms. The molecule has 1 aromatic rings. The van der Waals surface area contributed by atoms with Crippen LogP contribution in [0.1, 0.15) is 19.4 Å². The lowest BCUT2D eigenvalue weighted by Gasteiger charge is -2.11. The van der Waals surface area contributed by atoms with Crippen LogP contribution < -0.4 is 4.74 Å². The lowest BCUT2D eigenvalue weighted by atomic mass is 10.2. The Labute approximate surface area is 89.8 Å². The Hall–Kier alpha value is -1.60. The number of hydrogen-bond acceptors (Lipinski definition) is 3. The summed E-state index contributed by atoms with van der Waals surface area (Å²) >= 11 is 0. The molecule has 3 heteroatoms. The first-order chi connectivity index (χ1) is 7.24. The minimum absolute atomic E-state index is 0.331. The molecule has 0 radical (unpaired) electrons. The van der Waals surface area contributed by atoms with Crippen molar-refractivity contribution in [1.29, 1.82) is 0 Å². The molecule has 3 nitrogen and oxygen atoms in total. The molecule has 0 unspecified atom stereocenters. The highest BCUT2D eigenvalue weighted by molar-refractivity contribution is 5.37. The summed E-state index contributed by atoms with van der Waals surface area (Å²) in [5.41, 5.74) is 0.918. The van der Waals surface area contributed by atoms with Crippen LogP contribution in [-0.4, -0.2) is 12.7 Å². The molecular formula is C12H15NO2. The van der Waals surface area contributed by atoms with Gasteiger partial charge >= 0.3 is 0 Å². The van der Waals surface area contributed by atoms with E-state index in [-0.39, 0.29) is 0 Å². The van der Waals surface area contributed by atoms with Gasteiger partial charge in [-0.15, -0.1) is 0 Å². The number of nitrogens with zero attached hydrogens (tertiary/aromatic N) is 1. The molecule has 0 saturated heterocycles. The summed E-state index contributed by atoms with van der Waals surface area (Å²) < 4.78 is 5.61. The predicted octanol–water partition coefficient (Wildman–Crippen LogP) is 2.56. The van der Waals surface area contributed by atoms with Gasteiger partial charge in [0.1, 0.15) is 5.75 Å². The molecule has 0 bridgehead atoms. The van der Waals surface area contributed by atoms with Crippen LogP contribution in [0.5, 0.6) is 5.75 Å². The quantitative estimate of drug-likeness (QED) is 0.547. The van der Waals surface area contributed by atoms with Crippen LogP contribution in [0.3, 0.4) is 0 Å². The van der Waals surface area contributed by atoms with Crippen LogP contribution in [0.4, 0.5) is 0 Å². The zero-order chi connectivity index (χ0) is 11.1. The molecule has 0 atom stereocenters. The molecule has 0 spiro atoms. The summed E-state index contributed by atoms with van der Waals surface area (Å²) in [6.45, 7) is 5.18. The lowest BCUT2D eigenvalue weighted by Crippen LogP contribution is -2.05. The molecular weight excluding hydrogens is 190 g/mol. The third-order valence-corrected chi connectivity index (χ3v) is 1.86. The summed E-state index contributed by atoms with van der Waals surface area (Å²) in [6, 6.07) is 7.59. The second kappa shape index (κ2) is 5.99. The van der Waals surface area contributed by atoms with Gasteiger partial charge < -0.3 is 4.74 Å². The van der Waals surface area contributed by atoms with Crippen LogP contribution in [0, 0.1) is 5.92 Å². The van der Waals surface area contributed by atoms with E-state index in [1.54, 1.807) is 0 Å². The monoisotopic (exact) mass is 205 g/mol. The first kappa shape index (κ1) is 11.5. The zero-order valence-corrected chi connectivity index (χ0v) is 9.06. The van der Waals surface area contributed by atoms with Crippen molar-refractivity contribution < 1.29 is 9.53 Å². The van der Waals surface area contributed by atoms with Crippen molar-refractivity contribution >= 4 is 6.08 Å². The van der Waals surface area contributed by atoms with Crippen molar-refractivity contribution in [2.75, 3.05) is 6.61 Å². The molecule has 1 rings (SSSR count). The lowest BCUT2D eigenvalue weighted by molar-refractivity contribution is 0.268. The largest absolute Gasteiger partial charge is 0.493 e. The minimum atomic E-state index is 0.331. The second-order valence-corrected chi connectivity index (χ2v) is 3.72. The predicted molar refractivity (Wildman–Crippen MR) is 58.6 cm³/mol. The van der Waals surface area contributed by atoms with E-state index >= 15 is 0 Å². The van der Waals surface area contributed by atoms with Crippen LogP contribution >= 0.6 is 0 Å². The van der Waals surface area contributed by atoms with E-state index in [0.717, 1.165) is 11.3 Å². The van der Waals surface area contributed by atoms with E-state index in [4.69, 9.17) is 4.74 Å². The molecule has 1 aromatic carbocycles. The average molecular weight is 205 g/mol. The van der Waals surface area contributed by atoms with E-state index in [1.807, 2.05) is 24.3 Å². The highest BCUT2D eigenvalue weighted by Gasteiger charge is 2.02. The van der Waals surface area contributed by atoms with E-state index in [1.165, 1.54) is 6.08 Å². The summed E-state index contributed by atoms with van der Waals surface area (Å²) in [4.78, 5) is 13.6. The topological polar surface area (TPSA) is 38.7 Å². The van der Waals surface area contributed by atoms with E-state index in [9.17, 15) is 4.79 Å². The average Bonchev–Trinajstić information content (AvgIpc) is 2.24. The van der Waals surface area contributed by atoms with Gasteiger partial charge in [-0.1, -0.05) is 32.0 Å². The molecule has 0 heterocycles. The van der Waals surface area contributed by atoms with Crippen LogP contribution in [0.2, 0.25) is 0 Å². The third-order valence-electron chi connectivity index (χ3n) is 1.86. The Kier molecular flexibility index (Phi) is 4.58. The number of carbonyl (C=O) groups excluding carboxylic acids is 1.